The number of hydrogen-bond donors (Lipinski definition) is 4. The Hall–Kier alpha value is -1.03. The van der Waals surface area contributed by atoms with E-state index in [4.69, 9.17) is 14.2 Å². The number of hydrogen-bond acceptors (Lipinski definition) is 8. The molecule has 0 aromatic carbocycles. The topological polar surface area (TPSA) is 126 Å². The third-order valence-corrected chi connectivity index (χ3v) is 5.49. The molecule has 0 unspecified atom stereocenters. The predicted molar refractivity (Wildman–Crippen MR) is 79.3 cm³/mol. The normalized spacial score (nSPS) is 48.7. The van der Waals surface area contributed by atoms with Crippen molar-refractivity contribution < 1.29 is 39.4 Å². The van der Waals surface area contributed by atoms with Gasteiger partial charge in [-0.3, -0.25) is 4.79 Å². The summed E-state index contributed by atoms with van der Waals surface area (Å²) in [6.45, 7) is 3.18. The third kappa shape index (κ3) is 2.58. The lowest BCUT2D eigenvalue weighted by molar-refractivity contribution is -0.326. The molecule has 2 fully saturated rings. The molecule has 4 N–H and O–H groups in total. The summed E-state index contributed by atoms with van der Waals surface area (Å²) >= 11 is 0. The minimum absolute atomic E-state index is 0.0334. The summed E-state index contributed by atoms with van der Waals surface area (Å²) in [7, 11) is 0. The van der Waals surface area contributed by atoms with Crippen molar-refractivity contribution in [2.24, 2.45) is 11.8 Å². The standard InChI is InChI=1S/C16H24O8/c1-7-3-4-16(8(2)6-22-14(21)10(7)16)24-15-13(20)12(19)11(18)9(5-17)23-15/h6-7,9-13,15,17-20H,3-5H2,1-2H3/t7-,9+,10+,11+,12-,13+,15-,16+/m0/s1. The molecule has 3 rings (SSSR count). The molecule has 8 heteroatoms. The number of aliphatic hydroxyl groups excluding tert-OH is 4. The summed E-state index contributed by atoms with van der Waals surface area (Å²) in [6.07, 6.45) is -4.17. The first-order chi connectivity index (χ1) is 11.3. The Labute approximate surface area is 139 Å². The average Bonchev–Trinajstić information content (AvgIpc) is 2.90. The van der Waals surface area contributed by atoms with Crippen molar-refractivity contribution in [3.63, 3.8) is 0 Å². The molecule has 0 aromatic heterocycles. The van der Waals surface area contributed by atoms with Crippen molar-refractivity contribution in [3.05, 3.63) is 11.8 Å². The summed E-state index contributed by atoms with van der Waals surface area (Å²) in [5.41, 5.74) is -0.281. The summed E-state index contributed by atoms with van der Waals surface area (Å²) in [6, 6.07) is 0. The van der Waals surface area contributed by atoms with Crippen LogP contribution < -0.4 is 0 Å². The largest absolute Gasteiger partial charge is 0.434 e. The Bertz CT molecular complexity index is 532. The van der Waals surface area contributed by atoms with E-state index in [1.807, 2.05) is 6.92 Å². The Morgan fingerprint density at radius 2 is 2.00 bits per heavy atom. The van der Waals surface area contributed by atoms with Crippen LogP contribution in [0.5, 0.6) is 0 Å². The van der Waals surface area contributed by atoms with Crippen LogP contribution in [0.1, 0.15) is 26.7 Å². The van der Waals surface area contributed by atoms with Crippen molar-refractivity contribution in [1.82, 2.24) is 0 Å². The van der Waals surface area contributed by atoms with Gasteiger partial charge in [0.1, 0.15) is 30.0 Å². The zero-order valence-corrected chi connectivity index (χ0v) is 13.7. The van der Waals surface area contributed by atoms with E-state index in [2.05, 4.69) is 0 Å². The SMILES string of the molecule is CC1=COC(=O)[C@H]2[C@@H](C)CC[C@@]12O[C@@H]1O[C@H](CO)[C@@H](O)[C@H](O)[C@H]1O. The molecule has 8 nitrogen and oxygen atoms in total. The molecular formula is C16H24O8. The fourth-order valence-corrected chi connectivity index (χ4v) is 4.01. The van der Waals surface area contributed by atoms with Crippen LogP contribution in [-0.2, 0) is 19.0 Å². The van der Waals surface area contributed by atoms with Gasteiger partial charge in [-0.05, 0) is 31.3 Å². The van der Waals surface area contributed by atoms with E-state index in [0.29, 0.717) is 12.0 Å². The Morgan fingerprint density at radius 1 is 1.29 bits per heavy atom. The minimum atomic E-state index is -1.52. The quantitative estimate of drug-likeness (QED) is 0.483. The van der Waals surface area contributed by atoms with Gasteiger partial charge in [-0.2, -0.15) is 0 Å². The number of carbonyl (C=O) groups is 1. The number of esters is 1. The van der Waals surface area contributed by atoms with Crippen LogP contribution >= 0.6 is 0 Å². The Balaban J connectivity index is 1.89. The Kier molecular flexibility index (Phi) is 4.71. The molecule has 0 aromatic rings. The summed E-state index contributed by atoms with van der Waals surface area (Å²) in [4.78, 5) is 12.2. The van der Waals surface area contributed by atoms with Crippen LogP contribution in [0.15, 0.2) is 11.8 Å². The van der Waals surface area contributed by atoms with Gasteiger partial charge >= 0.3 is 5.97 Å². The molecule has 136 valence electrons. The highest BCUT2D eigenvalue weighted by atomic mass is 16.7. The molecule has 3 aliphatic rings. The van der Waals surface area contributed by atoms with Gasteiger partial charge in [0.15, 0.2) is 6.29 Å². The first-order valence-corrected chi connectivity index (χ1v) is 8.18. The highest BCUT2D eigenvalue weighted by molar-refractivity contribution is 5.78. The fourth-order valence-electron chi connectivity index (χ4n) is 4.01. The van der Waals surface area contributed by atoms with Gasteiger partial charge in [-0.25, -0.2) is 0 Å². The molecule has 0 radical (unpaired) electrons. The summed E-state index contributed by atoms with van der Waals surface area (Å²) in [5.74, 6) is -0.893. The number of ether oxygens (including phenoxy) is 3. The van der Waals surface area contributed by atoms with Crippen LogP contribution in [0.3, 0.4) is 0 Å². The van der Waals surface area contributed by atoms with E-state index in [0.717, 1.165) is 6.42 Å². The zero-order valence-electron chi connectivity index (χ0n) is 13.7. The average molecular weight is 344 g/mol. The van der Waals surface area contributed by atoms with Crippen molar-refractivity contribution in [1.29, 1.82) is 0 Å². The van der Waals surface area contributed by atoms with E-state index in [1.165, 1.54) is 6.26 Å². The zero-order chi connectivity index (χ0) is 17.6. The molecular weight excluding hydrogens is 320 g/mol. The number of rotatable bonds is 3. The molecule has 0 amide bonds. The van der Waals surface area contributed by atoms with Crippen LogP contribution in [0.25, 0.3) is 0 Å². The second kappa shape index (κ2) is 6.36. The molecule has 2 heterocycles. The first kappa shape index (κ1) is 17.8. The van der Waals surface area contributed by atoms with Crippen molar-refractivity contribution >= 4 is 5.97 Å². The van der Waals surface area contributed by atoms with Crippen molar-refractivity contribution in [2.45, 2.75) is 63.0 Å². The van der Waals surface area contributed by atoms with E-state index in [1.54, 1.807) is 6.92 Å². The smallest absolute Gasteiger partial charge is 0.317 e. The van der Waals surface area contributed by atoms with Gasteiger partial charge in [0, 0.05) is 0 Å². The van der Waals surface area contributed by atoms with Crippen LogP contribution in [0.4, 0.5) is 0 Å². The van der Waals surface area contributed by atoms with E-state index in [9.17, 15) is 25.2 Å². The molecule has 2 aliphatic heterocycles. The van der Waals surface area contributed by atoms with Gasteiger partial charge < -0.3 is 34.6 Å². The second-order valence-electron chi connectivity index (χ2n) is 6.94. The van der Waals surface area contributed by atoms with Crippen LogP contribution in [0, 0.1) is 11.8 Å². The summed E-state index contributed by atoms with van der Waals surface area (Å²) < 4.78 is 16.6. The maximum atomic E-state index is 12.2. The maximum Gasteiger partial charge on any atom is 0.317 e. The molecule has 1 saturated carbocycles. The lowest BCUT2D eigenvalue weighted by Gasteiger charge is -2.46. The van der Waals surface area contributed by atoms with E-state index < -0.39 is 54.8 Å². The van der Waals surface area contributed by atoms with Crippen molar-refractivity contribution in [2.75, 3.05) is 6.61 Å². The van der Waals surface area contributed by atoms with Gasteiger partial charge in [-0.15, -0.1) is 0 Å². The molecule has 0 spiro atoms. The third-order valence-electron chi connectivity index (χ3n) is 5.49. The molecule has 1 saturated heterocycles. The lowest BCUT2D eigenvalue weighted by atomic mass is 9.80. The van der Waals surface area contributed by atoms with Crippen LogP contribution in [-0.4, -0.2) is 69.3 Å². The van der Waals surface area contributed by atoms with Gasteiger partial charge in [0.25, 0.3) is 0 Å². The molecule has 0 bridgehead atoms. The second-order valence-corrected chi connectivity index (χ2v) is 6.94. The number of fused-ring (bicyclic) bond motifs is 1. The molecule has 8 atom stereocenters. The van der Waals surface area contributed by atoms with Gasteiger partial charge in [0.05, 0.1) is 18.8 Å². The highest BCUT2D eigenvalue weighted by Crippen LogP contribution is 2.51. The first-order valence-electron chi connectivity index (χ1n) is 8.18. The minimum Gasteiger partial charge on any atom is -0.434 e. The van der Waals surface area contributed by atoms with E-state index >= 15 is 0 Å². The fraction of sp³-hybridized carbons (Fsp3) is 0.812. The molecule has 24 heavy (non-hydrogen) atoms. The van der Waals surface area contributed by atoms with Gasteiger partial charge in [-0.1, -0.05) is 6.92 Å². The highest BCUT2D eigenvalue weighted by Gasteiger charge is 2.58. The predicted octanol–water partition coefficient (Wildman–Crippen LogP) is -0.952. The monoisotopic (exact) mass is 344 g/mol. The van der Waals surface area contributed by atoms with Crippen molar-refractivity contribution in [3.8, 4) is 0 Å². The molecule has 1 aliphatic carbocycles. The van der Waals surface area contributed by atoms with E-state index in [-0.39, 0.29) is 5.92 Å². The lowest BCUT2D eigenvalue weighted by Crippen LogP contribution is -2.62. The van der Waals surface area contributed by atoms with Gasteiger partial charge in [0.2, 0.25) is 0 Å². The van der Waals surface area contributed by atoms with Crippen LogP contribution in [0.2, 0.25) is 0 Å². The number of carbonyl (C=O) groups excluding carboxylic acids is 1. The Morgan fingerprint density at radius 3 is 2.67 bits per heavy atom. The summed E-state index contributed by atoms with van der Waals surface area (Å²) in [5, 5.41) is 39.3. The number of cyclic esters (lactones) is 1. The number of aliphatic hydroxyl groups is 4. The maximum absolute atomic E-state index is 12.2.